The number of nitrogens with zero attached hydrogens (tertiary/aromatic N) is 2. The Hall–Kier alpha value is -6.78. The Balaban J connectivity index is 0.916. The number of carbonyl (C=O) groups excluding carboxylic acids is 2. The van der Waals surface area contributed by atoms with Crippen LogP contribution in [0.2, 0.25) is 0 Å². The first-order valence-corrected chi connectivity index (χ1v) is 26.2. The van der Waals surface area contributed by atoms with Gasteiger partial charge in [0, 0.05) is 66.5 Å². The highest BCUT2D eigenvalue weighted by Gasteiger charge is 2.22. The minimum absolute atomic E-state index is 0.153. The van der Waals surface area contributed by atoms with E-state index in [9.17, 15) is 9.59 Å². The van der Waals surface area contributed by atoms with E-state index in [4.69, 9.17) is 14.2 Å². The summed E-state index contributed by atoms with van der Waals surface area (Å²) in [6, 6.07) is 64.2. The molecule has 71 heavy (non-hydrogen) atoms. The molecular weight excluding hydrogens is 917 g/mol. The van der Waals surface area contributed by atoms with Gasteiger partial charge < -0.3 is 24.0 Å². The van der Waals surface area contributed by atoms with Gasteiger partial charge in [-0.05, 0) is 173 Å². The van der Waals surface area contributed by atoms with Gasteiger partial charge in [0.2, 0.25) is 0 Å². The lowest BCUT2D eigenvalue weighted by molar-refractivity contribution is -0.157. The zero-order chi connectivity index (χ0) is 49.8. The van der Waals surface area contributed by atoms with Gasteiger partial charge in [-0.15, -0.1) is 22.7 Å². The molecule has 0 fully saturated rings. The molecule has 0 spiro atoms. The van der Waals surface area contributed by atoms with E-state index in [1.807, 2.05) is 69.4 Å². The summed E-state index contributed by atoms with van der Waals surface area (Å²) in [4.78, 5) is 34.5. The molecule has 0 atom stereocenters. The zero-order valence-corrected chi connectivity index (χ0v) is 43.4. The summed E-state index contributed by atoms with van der Waals surface area (Å²) >= 11 is 3.62. The summed E-state index contributed by atoms with van der Waals surface area (Å²) in [5.41, 5.74) is 10.2. The van der Waals surface area contributed by atoms with Crippen molar-refractivity contribution in [1.29, 1.82) is 0 Å². The maximum Gasteiger partial charge on any atom is 0.306 e. The Labute approximate surface area is 428 Å². The number of benzene rings is 6. The van der Waals surface area contributed by atoms with E-state index < -0.39 is 5.60 Å². The van der Waals surface area contributed by atoms with Gasteiger partial charge in [0.15, 0.2) is 0 Å². The predicted molar refractivity (Wildman–Crippen MR) is 296 cm³/mol. The van der Waals surface area contributed by atoms with Crippen molar-refractivity contribution in [2.45, 2.75) is 91.3 Å². The Morgan fingerprint density at radius 3 is 1.24 bits per heavy atom. The molecule has 0 saturated carbocycles. The summed E-state index contributed by atoms with van der Waals surface area (Å²) in [6.07, 6.45) is 3.74. The SMILES string of the molecule is CCCC(C)(C)OC(=O)CCc1ccc(N(c2ccccc2)c2ccc(-c3ccc(-c4ccc(-c5ccc(N(c6ccccc6)c6ccc(CCC(=O)OCCOC(C)(C)C)cc6)cc5)s4)s3)cc2)cc1. The normalized spacial score (nSPS) is 11.6. The van der Waals surface area contributed by atoms with Crippen LogP contribution in [0.1, 0.15) is 78.4 Å². The molecule has 8 aromatic rings. The largest absolute Gasteiger partial charge is 0.463 e. The molecule has 0 aliphatic heterocycles. The van der Waals surface area contributed by atoms with Crippen molar-refractivity contribution >= 4 is 68.7 Å². The molecule has 0 bridgehead atoms. The highest BCUT2D eigenvalue weighted by atomic mass is 32.1. The fourth-order valence-electron chi connectivity index (χ4n) is 8.55. The molecule has 2 aromatic heterocycles. The minimum atomic E-state index is -0.436. The quantitative estimate of drug-likeness (QED) is 0.0525. The van der Waals surface area contributed by atoms with E-state index in [0.29, 0.717) is 32.3 Å². The zero-order valence-electron chi connectivity index (χ0n) is 41.7. The Bertz CT molecular complexity index is 2940. The highest BCUT2D eigenvalue weighted by molar-refractivity contribution is 7.25. The van der Waals surface area contributed by atoms with Crippen molar-refractivity contribution in [1.82, 2.24) is 0 Å². The van der Waals surface area contributed by atoms with Crippen molar-refractivity contribution in [2.75, 3.05) is 23.0 Å². The summed E-state index contributed by atoms with van der Waals surface area (Å²) in [6.45, 7) is 12.7. The highest BCUT2D eigenvalue weighted by Crippen LogP contribution is 2.43. The van der Waals surface area contributed by atoms with Crippen molar-refractivity contribution in [3.05, 3.63) is 193 Å². The maximum atomic E-state index is 12.6. The number of rotatable bonds is 21. The van der Waals surface area contributed by atoms with Gasteiger partial charge in [0.1, 0.15) is 12.2 Å². The number of carbonyl (C=O) groups is 2. The van der Waals surface area contributed by atoms with Crippen LogP contribution in [0.5, 0.6) is 0 Å². The van der Waals surface area contributed by atoms with E-state index in [-0.39, 0.29) is 24.1 Å². The third-order valence-electron chi connectivity index (χ3n) is 12.1. The third-order valence-corrected chi connectivity index (χ3v) is 14.5. The van der Waals surface area contributed by atoms with Gasteiger partial charge in [-0.2, -0.15) is 0 Å². The van der Waals surface area contributed by atoms with Crippen LogP contribution >= 0.6 is 22.7 Å². The summed E-state index contributed by atoms with van der Waals surface area (Å²) in [5.74, 6) is -0.371. The second kappa shape index (κ2) is 23.4. The molecule has 2 heterocycles. The van der Waals surface area contributed by atoms with E-state index in [1.54, 1.807) is 0 Å². The van der Waals surface area contributed by atoms with Gasteiger partial charge in [0.05, 0.1) is 12.2 Å². The Morgan fingerprint density at radius 2 is 0.831 bits per heavy atom. The lowest BCUT2D eigenvalue weighted by Crippen LogP contribution is -2.27. The molecule has 6 aromatic carbocycles. The molecular formula is C62H64N2O5S2. The third kappa shape index (κ3) is 14.0. The van der Waals surface area contributed by atoms with E-state index in [1.165, 1.54) is 30.6 Å². The fourth-order valence-corrected chi connectivity index (χ4v) is 10.7. The van der Waals surface area contributed by atoms with Crippen LogP contribution in [0.4, 0.5) is 34.1 Å². The number of ether oxygens (including phenoxy) is 3. The molecule has 0 unspecified atom stereocenters. The Morgan fingerprint density at radius 1 is 0.451 bits per heavy atom. The van der Waals surface area contributed by atoms with E-state index >= 15 is 0 Å². The number of hydrogen-bond acceptors (Lipinski definition) is 9. The predicted octanol–water partition coefficient (Wildman–Crippen LogP) is 17.1. The van der Waals surface area contributed by atoms with Crippen LogP contribution in [0, 0.1) is 0 Å². The first-order chi connectivity index (χ1) is 34.3. The smallest absolute Gasteiger partial charge is 0.306 e. The average molecular weight is 981 g/mol. The van der Waals surface area contributed by atoms with Crippen LogP contribution in [0.25, 0.3) is 30.6 Å². The van der Waals surface area contributed by atoms with Gasteiger partial charge >= 0.3 is 11.9 Å². The average Bonchev–Trinajstić information content (AvgIpc) is 4.07. The van der Waals surface area contributed by atoms with Crippen LogP contribution in [0.3, 0.4) is 0 Å². The first-order valence-electron chi connectivity index (χ1n) is 24.6. The van der Waals surface area contributed by atoms with Gasteiger partial charge in [-0.3, -0.25) is 9.59 Å². The van der Waals surface area contributed by atoms with Gasteiger partial charge in [0.25, 0.3) is 0 Å². The number of hydrogen-bond donors (Lipinski definition) is 0. The van der Waals surface area contributed by atoms with E-state index in [0.717, 1.165) is 58.1 Å². The molecule has 0 aliphatic rings. The summed E-state index contributed by atoms with van der Waals surface area (Å²) in [7, 11) is 0. The molecule has 7 nitrogen and oxygen atoms in total. The van der Waals surface area contributed by atoms with Gasteiger partial charge in [-0.1, -0.05) is 98.3 Å². The number of para-hydroxylation sites is 2. The number of thiophene rings is 2. The topological polar surface area (TPSA) is 68.3 Å². The lowest BCUT2D eigenvalue weighted by atomic mass is 10.0. The van der Waals surface area contributed by atoms with Crippen LogP contribution in [0.15, 0.2) is 182 Å². The second-order valence-electron chi connectivity index (χ2n) is 19.3. The molecule has 0 N–H and O–H groups in total. The van der Waals surface area contributed by atoms with Crippen LogP contribution in [-0.2, 0) is 36.6 Å². The van der Waals surface area contributed by atoms with Crippen molar-refractivity contribution in [3.63, 3.8) is 0 Å². The monoisotopic (exact) mass is 980 g/mol. The molecule has 8 rings (SSSR count). The first kappa shape index (κ1) is 50.6. The van der Waals surface area contributed by atoms with Crippen molar-refractivity contribution in [3.8, 4) is 30.6 Å². The molecule has 0 amide bonds. The number of anilines is 6. The Kier molecular flexibility index (Phi) is 16.7. The molecule has 9 heteroatoms. The standard InChI is InChI=1S/C62H64N2O5S2/c1-7-42-62(5,6)69-60(66)41-23-46-20-30-52(31-21-46)64(50-16-12-9-13-17-50)54-34-26-48(27-35-54)56-37-39-58(71-56)57-38-36-55(70-57)47-24-32-53(33-25-47)63(49-14-10-8-11-15-49)51-28-18-45(19-29-51)22-40-59(65)67-43-44-68-61(2,3)4/h8-21,24-39H,7,22-23,40-44H2,1-6H3. The lowest BCUT2D eigenvalue weighted by Gasteiger charge is -2.26. The summed E-state index contributed by atoms with van der Waals surface area (Å²) < 4.78 is 16.8. The minimum Gasteiger partial charge on any atom is -0.463 e. The fraction of sp³-hybridized carbons (Fsp3) is 0.258. The second-order valence-corrected chi connectivity index (χ2v) is 21.4. The van der Waals surface area contributed by atoms with E-state index in [2.05, 4.69) is 187 Å². The van der Waals surface area contributed by atoms with Crippen LogP contribution in [-0.4, -0.2) is 36.4 Å². The maximum absolute atomic E-state index is 12.6. The van der Waals surface area contributed by atoms with Crippen molar-refractivity contribution < 1.29 is 23.8 Å². The van der Waals surface area contributed by atoms with Gasteiger partial charge in [-0.25, -0.2) is 0 Å². The molecule has 0 saturated heterocycles. The molecule has 0 aliphatic carbocycles. The number of aryl methyl sites for hydroxylation is 2. The van der Waals surface area contributed by atoms with Crippen molar-refractivity contribution in [2.24, 2.45) is 0 Å². The molecule has 0 radical (unpaired) electrons. The molecule has 364 valence electrons. The number of esters is 2. The van der Waals surface area contributed by atoms with Crippen LogP contribution < -0.4 is 9.80 Å². The summed E-state index contributed by atoms with van der Waals surface area (Å²) in [5, 5.41) is 0.